The number of nitrogens with zero attached hydrogens (tertiary/aromatic N) is 1. The predicted molar refractivity (Wildman–Crippen MR) is 67.5 cm³/mol. The van der Waals surface area contributed by atoms with Gasteiger partial charge in [0.05, 0.1) is 0 Å². The number of para-hydroxylation sites is 1. The second kappa shape index (κ2) is 5.06. The van der Waals surface area contributed by atoms with Crippen LogP contribution in [0.15, 0.2) is 36.7 Å². The third kappa shape index (κ3) is 2.43. The van der Waals surface area contributed by atoms with Gasteiger partial charge in [0, 0.05) is 18.5 Å². The second-order valence-electron chi connectivity index (χ2n) is 3.66. The number of halogens is 1. The van der Waals surface area contributed by atoms with Crippen LogP contribution in [0.5, 0.6) is 11.5 Å². The fraction of sp³-hybridized carbons (Fsp3) is 0.0769. The third-order valence-corrected chi connectivity index (χ3v) is 2.67. The van der Waals surface area contributed by atoms with Gasteiger partial charge in [-0.05, 0) is 18.6 Å². The first kappa shape index (κ1) is 12.4. The molecular formula is C13H10ClNO3. The van der Waals surface area contributed by atoms with Crippen LogP contribution in [0.3, 0.4) is 0 Å². The summed E-state index contributed by atoms with van der Waals surface area (Å²) in [7, 11) is 0. The maximum Gasteiger partial charge on any atom is 0.339 e. The van der Waals surface area contributed by atoms with Crippen molar-refractivity contribution in [3.63, 3.8) is 0 Å². The molecule has 0 aliphatic rings. The van der Waals surface area contributed by atoms with Gasteiger partial charge in [-0.1, -0.05) is 23.7 Å². The van der Waals surface area contributed by atoms with E-state index in [4.69, 9.17) is 21.4 Å². The molecule has 92 valence electrons. The summed E-state index contributed by atoms with van der Waals surface area (Å²) in [5.74, 6) is -0.375. The van der Waals surface area contributed by atoms with Crippen molar-refractivity contribution < 1.29 is 14.6 Å². The Kier molecular flexibility index (Phi) is 3.48. The van der Waals surface area contributed by atoms with E-state index < -0.39 is 5.97 Å². The lowest BCUT2D eigenvalue weighted by molar-refractivity contribution is 0.0694. The van der Waals surface area contributed by atoms with Crippen LogP contribution < -0.4 is 4.74 Å². The smallest absolute Gasteiger partial charge is 0.339 e. The Hall–Kier alpha value is -2.07. The largest absolute Gasteiger partial charge is 0.478 e. The lowest BCUT2D eigenvalue weighted by atomic mass is 10.1. The molecule has 0 saturated heterocycles. The van der Waals surface area contributed by atoms with E-state index in [1.807, 2.05) is 0 Å². The predicted octanol–water partition coefficient (Wildman–Crippen LogP) is 3.53. The molecular weight excluding hydrogens is 254 g/mol. The van der Waals surface area contributed by atoms with Gasteiger partial charge in [-0.25, -0.2) is 4.79 Å². The Labute approximate surface area is 109 Å². The van der Waals surface area contributed by atoms with Crippen LogP contribution >= 0.6 is 11.6 Å². The van der Waals surface area contributed by atoms with Crippen molar-refractivity contribution in [2.45, 2.75) is 6.92 Å². The van der Waals surface area contributed by atoms with Gasteiger partial charge in [-0.15, -0.1) is 0 Å². The molecule has 1 aromatic heterocycles. The number of ether oxygens (including phenoxy) is 1. The molecule has 2 rings (SSSR count). The summed E-state index contributed by atoms with van der Waals surface area (Å²) in [5.41, 5.74) is 0.825. The first-order valence-electron chi connectivity index (χ1n) is 5.20. The van der Waals surface area contributed by atoms with E-state index in [9.17, 15) is 4.79 Å². The van der Waals surface area contributed by atoms with Gasteiger partial charge in [0.25, 0.3) is 0 Å². The molecule has 0 unspecified atom stereocenters. The first-order valence-corrected chi connectivity index (χ1v) is 5.57. The molecule has 0 amide bonds. The lowest BCUT2D eigenvalue weighted by Crippen LogP contribution is -2.01. The number of carboxylic acid groups (broad SMARTS) is 1. The van der Waals surface area contributed by atoms with Crippen molar-refractivity contribution in [3.05, 3.63) is 52.8 Å². The molecule has 0 atom stereocenters. The monoisotopic (exact) mass is 263 g/mol. The van der Waals surface area contributed by atoms with Crippen LogP contribution in [-0.4, -0.2) is 16.1 Å². The van der Waals surface area contributed by atoms with Crippen LogP contribution in [0, 0.1) is 6.92 Å². The van der Waals surface area contributed by atoms with E-state index in [0.717, 1.165) is 5.56 Å². The number of aromatic nitrogens is 1. The maximum absolute atomic E-state index is 11.1. The number of aromatic carboxylic acids is 1. The lowest BCUT2D eigenvalue weighted by Gasteiger charge is -2.12. The average Bonchev–Trinajstić information content (AvgIpc) is 2.34. The summed E-state index contributed by atoms with van der Waals surface area (Å²) in [5, 5.41) is 9.44. The van der Waals surface area contributed by atoms with Gasteiger partial charge in [0.15, 0.2) is 0 Å². The Morgan fingerprint density at radius 2 is 2.17 bits per heavy atom. The molecule has 0 aliphatic heterocycles. The van der Waals surface area contributed by atoms with Crippen LogP contribution in [0.2, 0.25) is 5.02 Å². The minimum Gasteiger partial charge on any atom is -0.478 e. The van der Waals surface area contributed by atoms with Gasteiger partial charge < -0.3 is 9.84 Å². The number of pyridine rings is 1. The summed E-state index contributed by atoms with van der Waals surface area (Å²) >= 11 is 5.92. The number of carbonyl (C=O) groups is 1. The van der Waals surface area contributed by atoms with Gasteiger partial charge in [-0.3, -0.25) is 4.98 Å². The van der Waals surface area contributed by atoms with Crippen molar-refractivity contribution in [3.8, 4) is 11.5 Å². The zero-order valence-electron chi connectivity index (χ0n) is 9.55. The molecule has 1 N–H and O–H groups in total. The number of hydrogen-bond donors (Lipinski definition) is 1. The van der Waals surface area contributed by atoms with E-state index in [-0.39, 0.29) is 11.3 Å². The molecule has 0 radical (unpaired) electrons. The van der Waals surface area contributed by atoms with Crippen molar-refractivity contribution in [1.82, 2.24) is 4.98 Å². The van der Waals surface area contributed by atoms with E-state index in [0.29, 0.717) is 10.8 Å². The van der Waals surface area contributed by atoms with Crippen LogP contribution in [0.25, 0.3) is 0 Å². The molecule has 0 spiro atoms. The summed E-state index contributed by atoms with van der Waals surface area (Å²) in [4.78, 5) is 15.0. The van der Waals surface area contributed by atoms with E-state index in [2.05, 4.69) is 4.98 Å². The molecule has 1 heterocycles. The summed E-state index contributed by atoms with van der Waals surface area (Å²) in [6.07, 6.45) is 2.97. The molecule has 1 aromatic carbocycles. The highest BCUT2D eigenvalue weighted by molar-refractivity contribution is 6.31. The second-order valence-corrected chi connectivity index (χ2v) is 4.07. The Morgan fingerprint density at radius 1 is 1.39 bits per heavy atom. The highest BCUT2D eigenvalue weighted by Gasteiger charge is 2.15. The minimum absolute atomic E-state index is 0.0999. The Balaban J connectivity index is 2.46. The quantitative estimate of drug-likeness (QED) is 0.920. The van der Waals surface area contributed by atoms with Crippen molar-refractivity contribution in [2.24, 2.45) is 0 Å². The van der Waals surface area contributed by atoms with E-state index >= 15 is 0 Å². The molecule has 0 aliphatic carbocycles. The Bertz CT molecular complexity index is 599. The third-order valence-electron chi connectivity index (χ3n) is 2.39. The molecule has 0 bridgehead atoms. The highest BCUT2D eigenvalue weighted by Crippen LogP contribution is 2.32. The number of benzene rings is 1. The number of carboxylic acids is 1. The summed E-state index contributed by atoms with van der Waals surface area (Å²) in [6, 6.07) is 6.51. The van der Waals surface area contributed by atoms with Gasteiger partial charge in [-0.2, -0.15) is 0 Å². The summed E-state index contributed by atoms with van der Waals surface area (Å²) in [6.45, 7) is 1.77. The summed E-state index contributed by atoms with van der Waals surface area (Å²) < 4.78 is 5.58. The molecule has 2 aromatic rings. The van der Waals surface area contributed by atoms with Gasteiger partial charge in [0.2, 0.25) is 0 Å². The van der Waals surface area contributed by atoms with E-state index in [1.165, 1.54) is 18.5 Å². The van der Waals surface area contributed by atoms with Crippen LogP contribution in [0.4, 0.5) is 0 Å². The van der Waals surface area contributed by atoms with Gasteiger partial charge >= 0.3 is 5.97 Å². The van der Waals surface area contributed by atoms with Crippen molar-refractivity contribution in [2.75, 3.05) is 0 Å². The Morgan fingerprint density at radius 3 is 2.83 bits per heavy atom. The molecule has 4 nitrogen and oxygen atoms in total. The van der Waals surface area contributed by atoms with Crippen molar-refractivity contribution >= 4 is 17.6 Å². The van der Waals surface area contributed by atoms with Crippen LogP contribution in [-0.2, 0) is 0 Å². The zero-order valence-corrected chi connectivity index (χ0v) is 10.3. The SMILES string of the molecule is Cc1cccc(C(=O)O)c1Oc1ccncc1Cl. The molecule has 0 saturated carbocycles. The number of hydrogen-bond acceptors (Lipinski definition) is 3. The minimum atomic E-state index is -1.04. The average molecular weight is 264 g/mol. The number of aryl methyl sites for hydroxylation is 1. The first-order chi connectivity index (χ1) is 8.59. The van der Waals surface area contributed by atoms with E-state index in [1.54, 1.807) is 25.1 Å². The topological polar surface area (TPSA) is 59.4 Å². The van der Waals surface area contributed by atoms with Gasteiger partial charge in [0.1, 0.15) is 22.1 Å². The highest BCUT2D eigenvalue weighted by atomic mass is 35.5. The molecule has 0 fully saturated rings. The van der Waals surface area contributed by atoms with Crippen LogP contribution in [0.1, 0.15) is 15.9 Å². The fourth-order valence-electron chi connectivity index (χ4n) is 1.51. The molecule has 5 heteroatoms. The molecule has 18 heavy (non-hydrogen) atoms. The standard InChI is InChI=1S/C13H10ClNO3/c1-8-3-2-4-9(13(16)17)12(8)18-11-5-6-15-7-10(11)14/h2-7H,1H3,(H,16,17). The van der Waals surface area contributed by atoms with Crippen molar-refractivity contribution in [1.29, 1.82) is 0 Å². The zero-order chi connectivity index (χ0) is 13.1. The normalized spacial score (nSPS) is 10.1. The number of rotatable bonds is 3. The maximum atomic E-state index is 11.1. The fourth-order valence-corrected chi connectivity index (χ4v) is 1.67.